The van der Waals surface area contributed by atoms with E-state index in [0.29, 0.717) is 36.4 Å². The summed E-state index contributed by atoms with van der Waals surface area (Å²) in [6.45, 7) is 1.37. The van der Waals surface area contributed by atoms with Gasteiger partial charge in [0.05, 0.1) is 16.8 Å². The lowest BCUT2D eigenvalue weighted by Crippen LogP contribution is -2.39. The Hall–Kier alpha value is -4.25. The van der Waals surface area contributed by atoms with Crippen molar-refractivity contribution in [2.45, 2.75) is 12.5 Å². The summed E-state index contributed by atoms with van der Waals surface area (Å²) in [5.41, 5.74) is 3.34. The Morgan fingerprint density at radius 2 is 1.94 bits per heavy atom. The Bertz CT molecular complexity index is 1280. The second kappa shape index (κ2) is 9.71. The van der Waals surface area contributed by atoms with Crippen molar-refractivity contribution < 1.29 is 14.0 Å². The molecular weight excluding hydrogens is 433 g/mol. The van der Waals surface area contributed by atoms with Crippen molar-refractivity contribution in [1.82, 2.24) is 15.2 Å². The molecule has 0 aliphatic carbocycles. The zero-order chi connectivity index (χ0) is 24.2. The molecule has 2 amide bonds. The fraction of sp³-hybridized carbons (Fsp3) is 0.231. The van der Waals surface area contributed by atoms with Crippen molar-refractivity contribution in [2.24, 2.45) is 0 Å². The lowest BCUT2D eigenvalue weighted by Gasteiger charge is -2.36. The zero-order valence-electron chi connectivity index (χ0n) is 19.0. The highest BCUT2D eigenvalue weighted by molar-refractivity contribution is 5.99. The number of rotatable bonds is 5. The van der Waals surface area contributed by atoms with Crippen LogP contribution in [0.15, 0.2) is 60.9 Å². The first-order chi connectivity index (χ1) is 16.4. The number of aromatic nitrogens is 1. The molecule has 1 aliphatic rings. The summed E-state index contributed by atoms with van der Waals surface area (Å²) in [6, 6.07) is 16.0. The van der Waals surface area contributed by atoms with Gasteiger partial charge in [0.15, 0.2) is 0 Å². The Kier molecular flexibility index (Phi) is 6.55. The molecule has 0 saturated carbocycles. The van der Waals surface area contributed by atoms with Gasteiger partial charge < -0.3 is 15.1 Å². The number of nitrogens with one attached hydrogen (secondary N) is 1. The van der Waals surface area contributed by atoms with Crippen molar-refractivity contribution in [3.05, 3.63) is 94.6 Å². The predicted molar refractivity (Wildman–Crippen MR) is 126 cm³/mol. The molecule has 0 bridgehead atoms. The molecule has 2 aromatic carbocycles. The van der Waals surface area contributed by atoms with E-state index in [4.69, 9.17) is 0 Å². The number of pyridine rings is 1. The average molecular weight is 458 g/mol. The van der Waals surface area contributed by atoms with Crippen LogP contribution in [0.3, 0.4) is 0 Å². The van der Waals surface area contributed by atoms with Gasteiger partial charge in [-0.2, -0.15) is 5.26 Å². The van der Waals surface area contributed by atoms with Gasteiger partial charge in [0.2, 0.25) is 0 Å². The van der Waals surface area contributed by atoms with Crippen molar-refractivity contribution in [2.75, 3.05) is 32.1 Å². The van der Waals surface area contributed by atoms with Crippen LogP contribution in [0, 0.1) is 17.1 Å². The molecule has 2 heterocycles. The Labute approximate surface area is 197 Å². The number of benzene rings is 2. The van der Waals surface area contributed by atoms with Crippen molar-refractivity contribution in [1.29, 1.82) is 5.26 Å². The first-order valence-electron chi connectivity index (χ1n) is 10.8. The number of hydrogen-bond donors (Lipinski definition) is 1. The first-order valence-corrected chi connectivity index (χ1v) is 10.8. The largest absolute Gasteiger partial charge is 0.365 e. The van der Waals surface area contributed by atoms with E-state index in [2.05, 4.69) is 10.3 Å². The van der Waals surface area contributed by atoms with Gasteiger partial charge >= 0.3 is 0 Å². The molecule has 0 radical (unpaired) electrons. The van der Waals surface area contributed by atoms with E-state index in [1.54, 1.807) is 26.2 Å². The summed E-state index contributed by atoms with van der Waals surface area (Å²) < 4.78 is 14.2. The minimum absolute atomic E-state index is 0.0121. The van der Waals surface area contributed by atoms with E-state index < -0.39 is 5.82 Å². The monoisotopic (exact) mass is 457 g/mol. The van der Waals surface area contributed by atoms with Gasteiger partial charge in [-0.25, -0.2) is 4.39 Å². The van der Waals surface area contributed by atoms with Gasteiger partial charge in [-0.15, -0.1) is 0 Å². The lowest BCUT2D eigenvalue weighted by molar-refractivity contribution is 0.0827. The minimum atomic E-state index is -0.552. The maximum Gasteiger partial charge on any atom is 0.254 e. The molecule has 0 saturated heterocycles. The van der Waals surface area contributed by atoms with Crippen LogP contribution in [0.5, 0.6) is 0 Å². The Morgan fingerprint density at radius 1 is 1.18 bits per heavy atom. The summed E-state index contributed by atoms with van der Waals surface area (Å²) in [5.74, 6) is -1.20. The van der Waals surface area contributed by atoms with Crippen LogP contribution in [-0.4, -0.2) is 48.9 Å². The molecule has 0 fully saturated rings. The molecule has 4 rings (SSSR count). The van der Waals surface area contributed by atoms with Crippen LogP contribution >= 0.6 is 0 Å². The normalized spacial score (nSPS) is 14.6. The Morgan fingerprint density at radius 3 is 2.71 bits per heavy atom. The van der Waals surface area contributed by atoms with Gasteiger partial charge in [-0.3, -0.25) is 14.6 Å². The highest BCUT2D eigenvalue weighted by Crippen LogP contribution is 2.33. The number of nitrogens with zero attached hydrogens (tertiary/aromatic N) is 4. The predicted octanol–water partition coefficient (Wildman–Crippen LogP) is 3.33. The van der Waals surface area contributed by atoms with E-state index >= 15 is 0 Å². The van der Waals surface area contributed by atoms with Gasteiger partial charge in [-0.1, -0.05) is 30.3 Å². The number of hydrogen-bond acceptors (Lipinski definition) is 5. The second-order valence-corrected chi connectivity index (χ2v) is 8.39. The van der Waals surface area contributed by atoms with Crippen LogP contribution in [0.25, 0.3) is 0 Å². The highest BCUT2D eigenvalue weighted by Gasteiger charge is 2.28. The van der Waals surface area contributed by atoms with E-state index in [1.807, 2.05) is 35.2 Å². The number of carbonyl (C=O) groups is 2. The number of fused-ring (bicyclic) bond motifs is 1. The third kappa shape index (κ3) is 4.59. The smallest absolute Gasteiger partial charge is 0.254 e. The Balaban J connectivity index is 1.55. The summed E-state index contributed by atoms with van der Waals surface area (Å²) >= 11 is 0. The molecule has 172 valence electrons. The number of amides is 2. The van der Waals surface area contributed by atoms with Crippen LogP contribution < -0.4 is 10.2 Å². The van der Waals surface area contributed by atoms with Crippen LogP contribution in [0.4, 0.5) is 10.1 Å². The molecule has 1 aliphatic heterocycles. The fourth-order valence-electron chi connectivity index (χ4n) is 4.21. The topological polar surface area (TPSA) is 89.3 Å². The number of halogens is 1. The zero-order valence-corrected chi connectivity index (χ0v) is 19.0. The van der Waals surface area contributed by atoms with E-state index in [-0.39, 0.29) is 23.3 Å². The number of nitriles is 1. The van der Waals surface area contributed by atoms with Gasteiger partial charge in [0.25, 0.3) is 11.8 Å². The molecule has 8 heteroatoms. The SMILES string of the molecule is CN(C)C(=O)c1cncc(C(=O)NCC2CN(c3cccc(F)c3C#N)Cc3ccccc32)c1. The molecule has 1 unspecified atom stereocenters. The number of carbonyl (C=O) groups excluding carboxylic acids is 2. The highest BCUT2D eigenvalue weighted by atomic mass is 19.1. The summed E-state index contributed by atoms with van der Waals surface area (Å²) in [7, 11) is 3.27. The molecule has 1 aromatic heterocycles. The molecule has 7 nitrogen and oxygen atoms in total. The maximum absolute atomic E-state index is 14.2. The van der Waals surface area contributed by atoms with E-state index in [1.165, 1.54) is 29.4 Å². The second-order valence-electron chi connectivity index (χ2n) is 8.39. The van der Waals surface area contributed by atoms with Crippen molar-refractivity contribution in [3.8, 4) is 6.07 Å². The maximum atomic E-state index is 14.2. The summed E-state index contributed by atoms with van der Waals surface area (Å²) in [6.07, 6.45) is 2.86. The van der Waals surface area contributed by atoms with Crippen LogP contribution in [-0.2, 0) is 6.54 Å². The van der Waals surface area contributed by atoms with Gasteiger partial charge in [-0.05, 0) is 29.3 Å². The third-order valence-electron chi connectivity index (χ3n) is 5.90. The quantitative estimate of drug-likeness (QED) is 0.635. The summed E-state index contributed by atoms with van der Waals surface area (Å²) in [5, 5.41) is 12.4. The van der Waals surface area contributed by atoms with Crippen LogP contribution in [0.1, 0.15) is 43.3 Å². The molecular formula is C26H24FN5O2. The lowest BCUT2D eigenvalue weighted by atomic mass is 9.89. The standard InChI is InChI=1S/C26H24FN5O2/c1-31(2)26(34)19-10-18(12-29-13-19)25(33)30-14-20-16-32(15-17-6-3-4-7-21(17)20)24-9-5-8-23(27)22(24)11-28/h3-10,12-13,20H,14-16H2,1-2H3,(H,30,33). The van der Waals surface area contributed by atoms with E-state index in [9.17, 15) is 19.2 Å². The molecule has 1 N–H and O–H groups in total. The number of anilines is 1. The molecule has 1 atom stereocenters. The van der Waals surface area contributed by atoms with Crippen molar-refractivity contribution in [3.63, 3.8) is 0 Å². The van der Waals surface area contributed by atoms with Gasteiger partial charge in [0.1, 0.15) is 17.4 Å². The fourth-order valence-corrected chi connectivity index (χ4v) is 4.21. The van der Waals surface area contributed by atoms with Gasteiger partial charge in [0, 0.05) is 52.0 Å². The van der Waals surface area contributed by atoms with Crippen LogP contribution in [0.2, 0.25) is 0 Å². The minimum Gasteiger partial charge on any atom is -0.365 e. The average Bonchev–Trinajstić information content (AvgIpc) is 2.86. The van der Waals surface area contributed by atoms with E-state index in [0.717, 1.165) is 11.1 Å². The molecule has 3 aromatic rings. The summed E-state index contributed by atoms with van der Waals surface area (Å²) in [4.78, 5) is 32.5. The van der Waals surface area contributed by atoms with Crippen molar-refractivity contribution >= 4 is 17.5 Å². The first kappa shape index (κ1) is 22.9. The molecule has 34 heavy (non-hydrogen) atoms. The third-order valence-corrected chi connectivity index (χ3v) is 5.90. The molecule has 0 spiro atoms.